The van der Waals surface area contributed by atoms with Gasteiger partial charge in [-0.3, -0.25) is 9.59 Å². The number of unbranched alkanes of at least 4 members (excludes halogenated alkanes) is 4. The molecule has 17 heavy (non-hydrogen) atoms. The fourth-order valence-corrected chi connectivity index (χ4v) is 1.33. The molecule has 0 heterocycles. The maximum absolute atomic E-state index is 10.8. The average molecular weight is 241 g/mol. The van der Waals surface area contributed by atoms with E-state index in [1.165, 1.54) is 6.08 Å². The summed E-state index contributed by atoms with van der Waals surface area (Å²) in [6.07, 6.45) is 5.58. The Morgan fingerprint density at radius 2 is 1.65 bits per heavy atom. The molecular weight excluding hydrogens is 222 g/mol. The zero-order valence-corrected chi connectivity index (χ0v) is 9.91. The molecule has 2 N–H and O–H groups in total. The minimum Gasteiger partial charge on any atom is -0.476 e. The van der Waals surface area contributed by atoms with Gasteiger partial charge in [-0.15, -0.1) is 0 Å². The van der Waals surface area contributed by atoms with Crippen molar-refractivity contribution in [2.45, 2.75) is 38.5 Å². The second kappa shape index (κ2) is 9.57. The second-order valence-electron chi connectivity index (χ2n) is 3.74. The van der Waals surface area contributed by atoms with E-state index in [2.05, 4.69) is 11.9 Å². The average Bonchev–Trinajstić information content (AvgIpc) is 2.31. The zero-order valence-electron chi connectivity index (χ0n) is 9.91. The van der Waals surface area contributed by atoms with Crippen molar-refractivity contribution in [3.05, 3.63) is 12.7 Å². The van der Waals surface area contributed by atoms with Crippen LogP contribution in [0.25, 0.3) is 0 Å². The van der Waals surface area contributed by atoms with E-state index in [9.17, 15) is 14.4 Å². The minimum atomic E-state index is -1.35. The molecule has 0 rings (SSSR count). The Labute approximate surface area is 101 Å². The molecule has 0 spiro atoms. The molecule has 0 aliphatic heterocycles. The van der Waals surface area contributed by atoms with Gasteiger partial charge in [0.2, 0.25) is 11.7 Å². The first-order chi connectivity index (χ1) is 8.07. The van der Waals surface area contributed by atoms with Crippen molar-refractivity contribution in [2.24, 2.45) is 0 Å². The number of hydrogen-bond acceptors (Lipinski definition) is 3. The van der Waals surface area contributed by atoms with E-state index in [-0.39, 0.29) is 12.3 Å². The molecule has 0 saturated heterocycles. The summed E-state index contributed by atoms with van der Waals surface area (Å²) in [4.78, 5) is 31.7. The van der Waals surface area contributed by atoms with E-state index in [1.54, 1.807) is 0 Å². The van der Waals surface area contributed by atoms with Gasteiger partial charge in [-0.2, -0.15) is 0 Å². The van der Waals surface area contributed by atoms with Crippen molar-refractivity contribution in [2.75, 3.05) is 6.54 Å². The largest absolute Gasteiger partial charge is 0.476 e. The van der Waals surface area contributed by atoms with Crippen LogP contribution in [0.3, 0.4) is 0 Å². The molecule has 5 nitrogen and oxygen atoms in total. The van der Waals surface area contributed by atoms with Crippen LogP contribution in [0.5, 0.6) is 0 Å². The number of nitrogens with one attached hydrogen (secondary N) is 1. The van der Waals surface area contributed by atoms with E-state index in [0.717, 1.165) is 25.7 Å². The molecule has 0 fully saturated rings. The van der Waals surface area contributed by atoms with Crippen molar-refractivity contribution < 1.29 is 19.5 Å². The third-order valence-corrected chi connectivity index (χ3v) is 2.30. The second-order valence-corrected chi connectivity index (χ2v) is 3.74. The number of carboxylic acids is 1. The Morgan fingerprint density at radius 1 is 1.06 bits per heavy atom. The quantitative estimate of drug-likeness (QED) is 0.343. The topological polar surface area (TPSA) is 83.5 Å². The van der Waals surface area contributed by atoms with Crippen molar-refractivity contribution in [1.29, 1.82) is 0 Å². The molecule has 0 bridgehead atoms. The van der Waals surface area contributed by atoms with Crippen LogP contribution >= 0.6 is 0 Å². The van der Waals surface area contributed by atoms with Gasteiger partial charge in [-0.25, -0.2) is 4.79 Å². The normalized spacial score (nSPS) is 9.65. The van der Waals surface area contributed by atoms with E-state index < -0.39 is 11.8 Å². The number of Topliss-reactive ketones (excluding diaryl/α,β-unsaturated/α-hetero) is 1. The van der Waals surface area contributed by atoms with Crippen LogP contribution in [-0.4, -0.2) is 29.3 Å². The summed E-state index contributed by atoms with van der Waals surface area (Å²) in [6.45, 7) is 3.96. The Hall–Kier alpha value is -1.65. The molecule has 0 aromatic carbocycles. The highest BCUT2D eigenvalue weighted by Gasteiger charge is 2.09. The molecule has 0 aromatic rings. The van der Waals surface area contributed by atoms with Crippen LogP contribution in [-0.2, 0) is 14.4 Å². The lowest BCUT2D eigenvalue weighted by atomic mass is 10.1. The molecule has 0 aliphatic rings. The summed E-state index contributed by atoms with van der Waals surface area (Å²) >= 11 is 0. The van der Waals surface area contributed by atoms with E-state index in [0.29, 0.717) is 13.0 Å². The number of carboxylic acid groups (broad SMARTS) is 1. The van der Waals surface area contributed by atoms with E-state index in [1.807, 2.05) is 0 Å². The van der Waals surface area contributed by atoms with Crippen molar-refractivity contribution in [1.82, 2.24) is 5.32 Å². The number of hydrogen-bond donors (Lipinski definition) is 2. The van der Waals surface area contributed by atoms with Crippen LogP contribution in [0.4, 0.5) is 0 Å². The number of carbonyl (C=O) groups is 3. The molecular formula is C12H19NO4. The fraction of sp³-hybridized carbons (Fsp3) is 0.583. The van der Waals surface area contributed by atoms with Gasteiger partial charge >= 0.3 is 5.97 Å². The van der Waals surface area contributed by atoms with E-state index >= 15 is 0 Å². The highest BCUT2D eigenvalue weighted by molar-refractivity contribution is 6.32. The molecule has 0 radical (unpaired) electrons. The molecule has 5 heteroatoms. The molecule has 0 saturated carbocycles. The van der Waals surface area contributed by atoms with Gasteiger partial charge in [0.25, 0.3) is 0 Å². The summed E-state index contributed by atoms with van der Waals surface area (Å²) < 4.78 is 0. The predicted octanol–water partition coefficient (Wildman–Crippen LogP) is 1.28. The first kappa shape index (κ1) is 15.3. The van der Waals surface area contributed by atoms with Gasteiger partial charge in [-0.1, -0.05) is 25.8 Å². The zero-order chi connectivity index (χ0) is 13.1. The molecule has 0 atom stereocenters. The predicted molar refractivity (Wildman–Crippen MR) is 63.6 cm³/mol. The third-order valence-electron chi connectivity index (χ3n) is 2.30. The lowest BCUT2D eigenvalue weighted by Gasteiger charge is -2.02. The third kappa shape index (κ3) is 9.29. The molecule has 1 amide bonds. The number of aliphatic carboxylic acids is 1. The van der Waals surface area contributed by atoms with Gasteiger partial charge in [0.1, 0.15) is 0 Å². The summed E-state index contributed by atoms with van der Waals surface area (Å²) in [7, 11) is 0. The summed E-state index contributed by atoms with van der Waals surface area (Å²) in [5.74, 6) is -2.24. The molecule has 0 aromatic heterocycles. The lowest BCUT2D eigenvalue weighted by Crippen LogP contribution is -2.21. The van der Waals surface area contributed by atoms with Crippen LogP contribution in [0.15, 0.2) is 12.7 Å². The number of carbonyl (C=O) groups excluding carboxylic acids is 2. The number of ketones is 1. The van der Waals surface area contributed by atoms with Crippen LogP contribution in [0.1, 0.15) is 38.5 Å². The first-order valence-electron chi connectivity index (χ1n) is 5.74. The van der Waals surface area contributed by atoms with Gasteiger partial charge in [0, 0.05) is 13.0 Å². The van der Waals surface area contributed by atoms with Crippen molar-refractivity contribution >= 4 is 17.7 Å². The van der Waals surface area contributed by atoms with Crippen LogP contribution < -0.4 is 5.32 Å². The molecule has 0 aliphatic carbocycles. The van der Waals surface area contributed by atoms with Crippen LogP contribution in [0.2, 0.25) is 0 Å². The van der Waals surface area contributed by atoms with Crippen LogP contribution in [0, 0.1) is 0 Å². The maximum Gasteiger partial charge on any atom is 0.372 e. The lowest BCUT2D eigenvalue weighted by molar-refractivity contribution is -0.149. The van der Waals surface area contributed by atoms with Crippen molar-refractivity contribution in [3.63, 3.8) is 0 Å². The maximum atomic E-state index is 10.8. The van der Waals surface area contributed by atoms with Crippen molar-refractivity contribution in [3.8, 4) is 0 Å². The number of amides is 1. The summed E-state index contributed by atoms with van der Waals surface area (Å²) in [5, 5.41) is 11.0. The summed E-state index contributed by atoms with van der Waals surface area (Å²) in [5.41, 5.74) is 0. The van der Waals surface area contributed by atoms with Gasteiger partial charge < -0.3 is 10.4 Å². The van der Waals surface area contributed by atoms with Gasteiger partial charge in [0.05, 0.1) is 0 Å². The Morgan fingerprint density at radius 3 is 2.24 bits per heavy atom. The number of rotatable bonds is 10. The van der Waals surface area contributed by atoms with E-state index in [4.69, 9.17) is 5.11 Å². The summed E-state index contributed by atoms with van der Waals surface area (Å²) in [6, 6.07) is 0. The smallest absolute Gasteiger partial charge is 0.372 e. The Bertz CT molecular complexity index is 286. The first-order valence-corrected chi connectivity index (χ1v) is 5.74. The highest BCUT2D eigenvalue weighted by atomic mass is 16.4. The SMILES string of the molecule is C=CC(=O)NCCCCCCCC(=O)C(=O)O. The standard InChI is InChI=1S/C12H19NO4/c1-2-11(15)13-9-7-5-3-4-6-8-10(14)12(16)17/h2H,1,3-9H2,(H,13,15)(H,16,17). The molecule has 96 valence electrons. The monoisotopic (exact) mass is 241 g/mol. The highest BCUT2D eigenvalue weighted by Crippen LogP contribution is 2.05. The van der Waals surface area contributed by atoms with Gasteiger partial charge in [0.15, 0.2) is 0 Å². The molecule has 0 unspecified atom stereocenters. The van der Waals surface area contributed by atoms with Gasteiger partial charge in [-0.05, 0) is 18.9 Å². The fourth-order valence-electron chi connectivity index (χ4n) is 1.33. The Kier molecular flexibility index (Phi) is 8.64. The minimum absolute atomic E-state index is 0.114. The Balaban J connectivity index is 3.24.